The third-order valence-corrected chi connectivity index (χ3v) is 4.45. The third-order valence-electron chi connectivity index (χ3n) is 2.82. The molecule has 0 saturated heterocycles. The molecule has 0 aliphatic heterocycles. The van der Waals surface area contributed by atoms with Gasteiger partial charge in [-0.15, -0.1) is 11.3 Å². The van der Waals surface area contributed by atoms with Gasteiger partial charge in [0.1, 0.15) is 5.75 Å². The maximum absolute atomic E-state index is 11.6. The highest BCUT2D eigenvalue weighted by atomic mass is 79.9. The molecule has 0 aliphatic rings. The molecular weight excluding hydrogens is 352 g/mol. The van der Waals surface area contributed by atoms with Gasteiger partial charge >= 0.3 is 0 Å². The summed E-state index contributed by atoms with van der Waals surface area (Å²) in [5.74, 6) is 0.388. The molecule has 1 heterocycles. The molecule has 0 bridgehead atoms. The largest absolute Gasteiger partial charge is 0.484 e. The van der Waals surface area contributed by atoms with Crippen molar-refractivity contribution in [1.29, 1.82) is 0 Å². The van der Waals surface area contributed by atoms with Crippen LogP contribution in [0.1, 0.15) is 16.0 Å². The molecule has 0 unspecified atom stereocenters. The molecule has 0 fully saturated rings. The fraction of sp³-hybridized carbons (Fsp3) is 0.200. The lowest BCUT2D eigenvalue weighted by molar-refractivity contribution is -0.123. The van der Waals surface area contributed by atoms with Crippen LogP contribution in [-0.4, -0.2) is 18.7 Å². The number of nitrogens with zero attached hydrogens (tertiary/aromatic N) is 1. The summed E-state index contributed by atoms with van der Waals surface area (Å²) >= 11 is 4.89. The van der Waals surface area contributed by atoms with Crippen molar-refractivity contribution in [2.24, 2.45) is 5.10 Å². The molecule has 1 amide bonds. The summed E-state index contributed by atoms with van der Waals surface area (Å²) in [5, 5.41) is 5.83. The number of aryl methyl sites for hydroxylation is 2. The molecular formula is C15H15BrN2O2S. The zero-order valence-electron chi connectivity index (χ0n) is 11.7. The number of hydrogen-bond donors (Lipinski definition) is 1. The van der Waals surface area contributed by atoms with Crippen LogP contribution in [0.15, 0.2) is 39.2 Å². The number of hydrazone groups is 1. The maximum Gasteiger partial charge on any atom is 0.277 e. The topological polar surface area (TPSA) is 50.7 Å². The smallest absolute Gasteiger partial charge is 0.277 e. The molecule has 21 heavy (non-hydrogen) atoms. The van der Waals surface area contributed by atoms with Gasteiger partial charge < -0.3 is 4.74 Å². The predicted molar refractivity (Wildman–Crippen MR) is 89.2 cm³/mol. The van der Waals surface area contributed by atoms with E-state index in [0.29, 0.717) is 5.75 Å². The molecule has 0 atom stereocenters. The first-order valence-corrected chi connectivity index (χ1v) is 7.98. The SMILES string of the molecule is Cc1ccc(OCC(=O)N/N=C\c2cc(Br)cs2)cc1C. The van der Waals surface area contributed by atoms with E-state index in [0.717, 1.165) is 14.9 Å². The molecule has 2 rings (SSSR count). The Morgan fingerprint density at radius 1 is 1.38 bits per heavy atom. The molecule has 2 aromatic rings. The number of benzene rings is 1. The van der Waals surface area contributed by atoms with E-state index >= 15 is 0 Å². The van der Waals surface area contributed by atoms with Crippen LogP contribution in [0.4, 0.5) is 0 Å². The van der Waals surface area contributed by atoms with Crippen molar-refractivity contribution in [3.05, 3.63) is 50.1 Å². The molecule has 110 valence electrons. The van der Waals surface area contributed by atoms with E-state index in [4.69, 9.17) is 4.74 Å². The van der Waals surface area contributed by atoms with Gasteiger partial charge in [0.15, 0.2) is 6.61 Å². The maximum atomic E-state index is 11.6. The zero-order valence-corrected chi connectivity index (χ0v) is 14.1. The van der Waals surface area contributed by atoms with Crippen LogP contribution in [0.2, 0.25) is 0 Å². The first kappa shape index (κ1) is 15.7. The molecule has 0 aliphatic carbocycles. The summed E-state index contributed by atoms with van der Waals surface area (Å²) in [6, 6.07) is 7.65. The van der Waals surface area contributed by atoms with Crippen LogP contribution < -0.4 is 10.2 Å². The van der Waals surface area contributed by atoms with Gasteiger partial charge in [-0.25, -0.2) is 5.43 Å². The fourth-order valence-corrected chi connectivity index (χ4v) is 2.85. The van der Waals surface area contributed by atoms with E-state index in [-0.39, 0.29) is 12.5 Å². The molecule has 6 heteroatoms. The minimum absolute atomic E-state index is 0.0615. The Hall–Kier alpha value is -1.66. The van der Waals surface area contributed by atoms with Gasteiger partial charge in [0, 0.05) is 14.7 Å². The second-order valence-electron chi connectivity index (χ2n) is 4.50. The van der Waals surface area contributed by atoms with E-state index in [1.54, 1.807) is 6.21 Å². The quantitative estimate of drug-likeness (QED) is 0.648. The lowest BCUT2D eigenvalue weighted by Crippen LogP contribution is -2.24. The number of hydrogen-bond acceptors (Lipinski definition) is 4. The number of thiophene rings is 1. The molecule has 1 aromatic carbocycles. The first-order chi connectivity index (χ1) is 10.0. The Balaban J connectivity index is 1.79. The van der Waals surface area contributed by atoms with E-state index in [2.05, 4.69) is 26.5 Å². The number of amides is 1. The standard InChI is InChI=1S/C15H15BrN2O2S/c1-10-3-4-13(5-11(10)2)20-8-15(19)18-17-7-14-6-12(16)9-21-14/h3-7,9H,8H2,1-2H3,(H,18,19)/b17-7-. The fourth-order valence-electron chi connectivity index (χ4n) is 1.55. The number of rotatable bonds is 5. The number of nitrogens with one attached hydrogen (secondary N) is 1. The predicted octanol–water partition coefficient (Wildman–Crippen LogP) is 3.66. The van der Waals surface area contributed by atoms with Crippen LogP contribution in [-0.2, 0) is 4.79 Å². The van der Waals surface area contributed by atoms with Crippen molar-refractivity contribution in [3.8, 4) is 5.75 Å². The van der Waals surface area contributed by atoms with Crippen molar-refractivity contribution in [3.63, 3.8) is 0 Å². The van der Waals surface area contributed by atoms with Crippen molar-refractivity contribution in [2.45, 2.75) is 13.8 Å². The summed E-state index contributed by atoms with van der Waals surface area (Å²) < 4.78 is 6.42. The highest BCUT2D eigenvalue weighted by molar-refractivity contribution is 9.10. The molecule has 0 radical (unpaired) electrons. The van der Waals surface area contributed by atoms with E-state index in [1.165, 1.54) is 16.9 Å². The minimum atomic E-state index is -0.292. The summed E-state index contributed by atoms with van der Waals surface area (Å²) in [6.45, 7) is 3.98. The number of halogens is 1. The normalized spacial score (nSPS) is 10.8. The van der Waals surface area contributed by atoms with E-state index in [1.807, 2.05) is 43.5 Å². The third kappa shape index (κ3) is 4.99. The minimum Gasteiger partial charge on any atom is -0.484 e. The van der Waals surface area contributed by atoms with Gasteiger partial charge in [-0.1, -0.05) is 6.07 Å². The van der Waals surface area contributed by atoms with Gasteiger partial charge in [0.05, 0.1) is 6.21 Å². The van der Waals surface area contributed by atoms with Crippen LogP contribution in [0.5, 0.6) is 5.75 Å². The van der Waals surface area contributed by atoms with Gasteiger partial charge in [-0.3, -0.25) is 4.79 Å². The van der Waals surface area contributed by atoms with Gasteiger partial charge in [0.25, 0.3) is 5.91 Å². The van der Waals surface area contributed by atoms with Crippen LogP contribution in [0.25, 0.3) is 0 Å². The van der Waals surface area contributed by atoms with Crippen LogP contribution in [0.3, 0.4) is 0 Å². The Labute approximate surface area is 136 Å². The summed E-state index contributed by atoms with van der Waals surface area (Å²) in [5.41, 5.74) is 4.76. The average molecular weight is 367 g/mol. The van der Waals surface area contributed by atoms with Crippen LogP contribution >= 0.6 is 27.3 Å². The lowest BCUT2D eigenvalue weighted by Gasteiger charge is -2.07. The van der Waals surface area contributed by atoms with Gasteiger partial charge in [-0.05, 0) is 59.1 Å². The molecule has 1 N–H and O–H groups in total. The lowest BCUT2D eigenvalue weighted by atomic mass is 10.1. The molecule has 4 nitrogen and oxygen atoms in total. The Kier molecular flexibility index (Phi) is 5.52. The highest BCUT2D eigenvalue weighted by Crippen LogP contribution is 2.18. The highest BCUT2D eigenvalue weighted by Gasteiger charge is 2.02. The summed E-state index contributed by atoms with van der Waals surface area (Å²) in [6.07, 6.45) is 1.60. The number of ether oxygens (including phenoxy) is 1. The number of carbonyl (C=O) groups excluding carboxylic acids is 1. The Bertz CT molecular complexity index is 667. The summed E-state index contributed by atoms with van der Waals surface area (Å²) in [4.78, 5) is 12.6. The Morgan fingerprint density at radius 2 is 2.19 bits per heavy atom. The molecule has 1 aromatic heterocycles. The van der Waals surface area contributed by atoms with Crippen molar-refractivity contribution in [2.75, 3.05) is 6.61 Å². The number of carbonyl (C=O) groups is 1. The van der Waals surface area contributed by atoms with Crippen molar-refractivity contribution in [1.82, 2.24) is 5.43 Å². The van der Waals surface area contributed by atoms with Crippen molar-refractivity contribution < 1.29 is 9.53 Å². The summed E-state index contributed by atoms with van der Waals surface area (Å²) in [7, 11) is 0. The second-order valence-corrected chi connectivity index (χ2v) is 6.35. The van der Waals surface area contributed by atoms with E-state index in [9.17, 15) is 4.79 Å². The van der Waals surface area contributed by atoms with Gasteiger partial charge in [-0.2, -0.15) is 5.10 Å². The Morgan fingerprint density at radius 3 is 2.86 bits per heavy atom. The molecule has 0 spiro atoms. The molecule has 0 saturated carbocycles. The van der Waals surface area contributed by atoms with Gasteiger partial charge in [0.2, 0.25) is 0 Å². The van der Waals surface area contributed by atoms with E-state index < -0.39 is 0 Å². The van der Waals surface area contributed by atoms with Crippen molar-refractivity contribution >= 4 is 39.4 Å². The zero-order chi connectivity index (χ0) is 15.2. The average Bonchev–Trinajstić information content (AvgIpc) is 2.86. The monoisotopic (exact) mass is 366 g/mol. The second kappa shape index (κ2) is 7.38. The first-order valence-electron chi connectivity index (χ1n) is 6.30. The van der Waals surface area contributed by atoms with Crippen LogP contribution in [0, 0.1) is 13.8 Å².